The second-order valence-electron chi connectivity index (χ2n) is 8.54. The van der Waals surface area contributed by atoms with Crippen molar-refractivity contribution in [1.82, 2.24) is 4.57 Å². The second kappa shape index (κ2) is 9.25. The average Bonchev–Trinajstić information content (AvgIpc) is 2.81. The zero-order valence-electron chi connectivity index (χ0n) is 19.0. The molecule has 33 heavy (non-hydrogen) atoms. The van der Waals surface area contributed by atoms with Gasteiger partial charge in [-0.2, -0.15) is 0 Å². The minimum atomic E-state index is -0.357. The normalized spacial score (nSPS) is 11.0. The van der Waals surface area contributed by atoms with E-state index < -0.39 is 0 Å². The minimum Gasteiger partial charge on any atom is -0.337 e. The maximum atomic E-state index is 13.1. The average molecular weight is 439 g/mol. The lowest BCUT2D eigenvalue weighted by molar-refractivity contribution is -0.116. The highest BCUT2D eigenvalue weighted by molar-refractivity contribution is 6.10. The molecule has 1 aromatic heterocycles. The number of benzene rings is 3. The van der Waals surface area contributed by atoms with Gasteiger partial charge in [0.1, 0.15) is 6.54 Å². The highest BCUT2D eigenvalue weighted by atomic mass is 16.2. The molecule has 1 heterocycles. The smallest absolute Gasteiger partial charge is 0.244 e. The number of hydrogen-bond donors (Lipinski definition) is 1. The monoisotopic (exact) mass is 438 g/mol. The number of para-hydroxylation sites is 1. The Hall–Kier alpha value is -3.99. The molecule has 0 bridgehead atoms. The van der Waals surface area contributed by atoms with Crippen LogP contribution in [-0.4, -0.2) is 16.3 Å². The quantitative estimate of drug-likeness (QED) is 0.415. The molecule has 0 aliphatic rings. The number of carbonyl (C=O) groups is 2. The number of rotatable bonds is 6. The zero-order chi connectivity index (χ0) is 23.5. The zero-order valence-corrected chi connectivity index (χ0v) is 19.0. The number of amides is 1. The molecule has 4 aromatic rings. The Morgan fingerprint density at radius 1 is 0.909 bits per heavy atom. The van der Waals surface area contributed by atoms with Crippen LogP contribution in [0.5, 0.6) is 0 Å². The topological polar surface area (TPSA) is 68.2 Å². The van der Waals surface area contributed by atoms with E-state index in [4.69, 9.17) is 0 Å². The van der Waals surface area contributed by atoms with E-state index in [1.165, 1.54) is 11.8 Å². The summed E-state index contributed by atoms with van der Waals surface area (Å²) >= 11 is 0. The Morgan fingerprint density at radius 3 is 2.24 bits per heavy atom. The molecule has 0 atom stereocenters. The maximum Gasteiger partial charge on any atom is 0.244 e. The van der Waals surface area contributed by atoms with E-state index in [0.717, 1.165) is 5.56 Å². The number of nitrogens with one attached hydrogen (secondary N) is 1. The van der Waals surface area contributed by atoms with Crippen LogP contribution in [0.3, 0.4) is 0 Å². The summed E-state index contributed by atoms with van der Waals surface area (Å²) in [5.74, 6) is -0.189. The first-order valence-corrected chi connectivity index (χ1v) is 11.0. The van der Waals surface area contributed by atoms with Crippen LogP contribution in [-0.2, 0) is 11.3 Å². The number of fused-ring (bicyclic) bond motifs is 1. The minimum absolute atomic E-state index is 0.0269. The Balaban J connectivity index is 1.67. The molecule has 3 aromatic carbocycles. The first-order valence-electron chi connectivity index (χ1n) is 11.0. The molecule has 0 aliphatic carbocycles. The van der Waals surface area contributed by atoms with Gasteiger partial charge < -0.3 is 9.88 Å². The Labute approximate surface area is 192 Å². The predicted octanol–water partition coefficient (Wildman–Crippen LogP) is 5.30. The number of carbonyl (C=O) groups excluding carboxylic acids is 2. The van der Waals surface area contributed by atoms with Gasteiger partial charge in [-0.05, 0) is 42.7 Å². The number of nitrogens with zero attached hydrogens (tertiary/aromatic N) is 1. The largest absolute Gasteiger partial charge is 0.337 e. The van der Waals surface area contributed by atoms with Crippen molar-refractivity contribution in [2.75, 3.05) is 5.32 Å². The molecule has 0 unspecified atom stereocenters. The van der Waals surface area contributed by atoms with Gasteiger partial charge in [-0.3, -0.25) is 14.4 Å². The molecule has 0 spiro atoms. The molecule has 0 fully saturated rings. The SMILES string of the molecule is Cc1ccc(C(=O)c2cn(CC(=O)Nc3ccc(C(C)C)cc3)c3ccccc3c2=O)cc1. The van der Waals surface area contributed by atoms with Gasteiger partial charge in [0, 0.05) is 22.8 Å². The van der Waals surface area contributed by atoms with E-state index >= 15 is 0 Å². The summed E-state index contributed by atoms with van der Waals surface area (Å²) in [6.45, 7) is 6.14. The first-order chi connectivity index (χ1) is 15.8. The molecule has 1 amide bonds. The summed E-state index contributed by atoms with van der Waals surface area (Å²) in [5.41, 5.74) is 3.68. The van der Waals surface area contributed by atoms with Crippen LogP contribution >= 0.6 is 0 Å². The summed E-state index contributed by atoms with van der Waals surface area (Å²) in [5, 5.41) is 3.31. The highest BCUT2D eigenvalue weighted by Crippen LogP contribution is 2.18. The van der Waals surface area contributed by atoms with Gasteiger partial charge in [-0.15, -0.1) is 0 Å². The van der Waals surface area contributed by atoms with Crippen molar-refractivity contribution in [1.29, 1.82) is 0 Å². The van der Waals surface area contributed by atoms with Gasteiger partial charge in [0.15, 0.2) is 5.78 Å². The molecule has 166 valence electrons. The predicted molar refractivity (Wildman–Crippen MR) is 132 cm³/mol. The Morgan fingerprint density at radius 2 is 1.58 bits per heavy atom. The number of aromatic nitrogens is 1. The molecule has 4 rings (SSSR count). The third-order valence-electron chi connectivity index (χ3n) is 5.72. The molecule has 0 aliphatic heterocycles. The summed E-state index contributed by atoms with van der Waals surface area (Å²) in [6.07, 6.45) is 1.49. The number of pyridine rings is 1. The van der Waals surface area contributed by atoms with E-state index in [2.05, 4.69) is 19.2 Å². The van der Waals surface area contributed by atoms with Crippen LogP contribution in [0.2, 0.25) is 0 Å². The highest BCUT2D eigenvalue weighted by Gasteiger charge is 2.18. The van der Waals surface area contributed by atoms with Crippen molar-refractivity contribution >= 4 is 28.3 Å². The van der Waals surface area contributed by atoms with Crippen molar-refractivity contribution < 1.29 is 9.59 Å². The van der Waals surface area contributed by atoms with Gasteiger partial charge in [-0.1, -0.05) is 67.9 Å². The van der Waals surface area contributed by atoms with Crippen molar-refractivity contribution in [2.24, 2.45) is 0 Å². The second-order valence-corrected chi connectivity index (χ2v) is 8.54. The molecule has 5 heteroatoms. The van der Waals surface area contributed by atoms with Gasteiger partial charge >= 0.3 is 0 Å². The van der Waals surface area contributed by atoms with Crippen LogP contribution in [0.4, 0.5) is 5.69 Å². The van der Waals surface area contributed by atoms with Gasteiger partial charge in [0.25, 0.3) is 0 Å². The van der Waals surface area contributed by atoms with Crippen LogP contribution < -0.4 is 10.7 Å². The summed E-state index contributed by atoms with van der Waals surface area (Å²) in [4.78, 5) is 39.0. The maximum absolute atomic E-state index is 13.1. The third-order valence-corrected chi connectivity index (χ3v) is 5.72. The van der Waals surface area contributed by atoms with E-state index in [1.54, 1.807) is 34.9 Å². The molecule has 0 radical (unpaired) electrons. The Bertz CT molecular complexity index is 1380. The summed E-state index contributed by atoms with van der Waals surface area (Å²) in [7, 11) is 0. The molecular weight excluding hydrogens is 412 g/mol. The fourth-order valence-electron chi connectivity index (χ4n) is 3.80. The van der Waals surface area contributed by atoms with Crippen LogP contribution in [0.25, 0.3) is 10.9 Å². The van der Waals surface area contributed by atoms with E-state index in [9.17, 15) is 14.4 Å². The fourth-order valence-corrected chi connectivity index (χ4v) is 3.80. The van der Waals surface area contributed by atoms with Gasteiger partial charge in [0.05, 0.1) is 11.1 Å². The lowest BCUT2D eigenvalue weighted by atomic mass is 10.0. The van der Waals surface area contributed by atoms with Crippen molar-refractivity contribution in [2.45, 2.75) is 33.2 Å². The van der Waals surface area contributed by atoms with Crippen LogP contribution in [0, 0.1) is 6.92 Å². The van der Waals surface area contributed by atoms with Crippen molar-refractivity contribution in [3.63, 3.8) is 0 Å². The van der Waals surface area contributed by atoms with E-state index in [0.29, 0.717) is 28.1 Å². The molecule has 0 saturated heterocycles. The summed E-state index contributed by atoms with van der Waals surface area (Å²) in [6, 6.07) is 21.9. The van der Waals surface area contributed by atoms with Crippen molar-refractivity contribution in [3.05, 3.63) is 111 Å². The van der Waals surface area contributed by atoms with Crippen LogP contribution in [0.15, 0.2) is 83.8 Å². The summed E-state index contributed by atoms with van der Waals surface area (Å²) < 4.78 is 1.66. The molecule has 0 saturated carbocycles. The Kier molecular flexibility index (Phi) is 6.22. The van der Waals surface area contributed by atoms with Gasteiger partial charge in [-0.25, -0.2) is 0 Å². The molecule has 1 N–H and O–H groups in total. The van der Waals surface area contributed by atoms with Crippen molar-refractivity contribution in [3.8, 4) is 0 Å². The molecular formula is C28H26N2O3. The number of anilines is 1. The van der Waals surface area contributed by atoms with E-state index in [-0.39, 0.29) is 29.2 Å². The molecule has 5 nitrogen and oxygen atoms in total. The third kappa shape index (κ3) is 4.77. The fraction of sp³-hybridized carbons (Fsp3) is 0.179. The lowest BCUT2D eigenvalue weighted by Crippen LogP contribution is -2.24. The standard InChI is InChI=1S/C28H26N2O3/c1-18(2)20-12-14-22(15-13-20)29-26(31)17-30-16-24(27(32)21-10-8-19(3)9-11-21)28(33)23-6-4-5-7-25(23)30/h4-16,18H,17H2,1-3H3,(H,29,31). The number of aryl methyl sites for hydroxylation is 1. The first kappa shape index (κ1) is 22.2. The lowest BCUT2D eigenvalue weighted by Gasteiger charge is -2.14. The van der Waals surface area contributed by atoms with Crippen LogP contribution in [0.1, 0.15) is 46.8 Å². The van der Waals surface area contributed by atoms with E-state index in [1.807, 2.05) is 49.4 Å². The van der Waals surface area contributed by atoms with Gasteiger partial charge in [0.2, 0.25) is 11.3 Å². The number of ketones is 1. The number of hydrogen-bond acceptors (Lipinski definition) is 3.